The van der Waals surface area contributed by atoms with Gasteiger partial charge in [-0.1, -0.05) is 41.6 Å². The molecular formula is C22H19ClN5O3S-. The highest BCUT2D eigenvalue weighted by Gasteiger charge is 2.25. The van der Waals surface area contributed by atoms with Crippen LogP contribution in [0.2, 0.25) is 5.02 Å². The third-order valence-electron chi connectivity index (χ3n) is 4.96. The van der Waals surface area contributed by atoms with Gasteiger partial charge in [0.1, 0.15) is 0 Å². The molecule has 1 aromatic heterocycles. The minimum absolute atomic E-state index is 0.0589. The van der Waals surface area contributed by atoms with Crippen molar-refractivity contribution in [1.82, 2.24) is 9.36 Å². The molecule has 0 bridgehead atoms. The zero-order valence-electron chi connectivity index (χ0n) is 17.3. The quantitative estimate of drug-likeness (QED) is 0.621. The fourth-order valence-corrected chi connectivity index (χ4v) is 4.30. The predicted molar refractivity (Wildman–Crippen MR) is 126 cm³/mol. The number of thioether (sulfide) groups is 1. The molecule has 1 aliphatic heterocycles. The number of benzene rings is 2. The SMILES string of the molecule is Cc1c(N=C2N=C([O-])C(CC(=O)Nc3ccc(Cl)cc3)S2)c(=O)n(-c2ccccc2)n1C. The van der Waals surface area contributed by atoms with E-state index >= 15 is 0 Å². The minimum atomic E-state index is -0.693. The molecule has 3 aromatic rings. The van der Waals surface area contributed by atoms with Gasteiger partial charge in [-0.2, -0.15) is 0 Å². The number of rotatable bonds is 5. The number of carbonyl (C=O) groups excluding carboxylic acids is 1. The zero-order valence-corrected chi connectivity index (χ0v) is 18.9. The van der Waals surface area contributed by atoms with Crippen molar-refractivity contribution in [3.05, 3.63) is 75.7 Å². The first-order chi connectivity index (χ1) is 15.3. The third kappa shape index (κ3) is 4.49. The van der Waals surface area contributed by atoms with Crippen LogP contribution in [0, 0.1) is 6.92 Å². The Morgan fingerprint density at radius 1 is 1.22 bits per heavy atom. The number of anilines is 1. The Bertz CT molecular complexity index is 1280. The number of amidine groups is 1. The summed E-state index contributed by atoms with van der Waals surface area (Å²) in [4.78, 5) is 33.6. The number of nitrogens with zero attached hydrogens (tertiary/aromatic N) is 4. The lowest BCUT2D eigenvalue weighted by Gasteiger charge is -2.14. The molecule has 2 aromatic carbocycles. The van der Waals surface area contributed by atoms with E-state index < -0.39 is 11.1 Å². The van der Waals surface area contributed by atoms with Crippen LogP contribution in [0.15, 0.2) is 69.4 Å². The van der Waals surface area contributed by atoms with Gasteiger partial charge < -0.3 is 10.4 Å². The normalized spacial score (nSPS) is 16.9. The Labute approximate surface area is 193 Å². The highest BCUT2D eigenvalue weighted by atomic mass is 35.5. The Morgan fingerprint density at radius 3 is 2.59 bits per heavy atom. The summed E-state index contributed by atoms with van der Waals surface area (Å²) in [6, 6.07) is 15.9. The van der Waals surface area contributed by atoms with Gasteiger partial charge in [0.25, 0.3) is 5.56 Å². The number of nitrogens with one attached hydrogen (secondary N) is 1. The largest absolute Gasteiger partial charge is 0.861 e. The molecule has 0 fully saturated rings. The molecule has 32 heavy (non-hydrogen) atoms. The van der Waals surface area contributed by atoms with E-state index in [9.17, 15) is 14.7 Å². The average molecular weight is 469 g/mol. The van der Waals surface area contributed by atoms with Gasteiger partial charge in [-0.25, -0.2) is 14.7 Å². The highest BCUT2D eigenvalue weighted by Crippen LogP contribution is 2.28. The van der Waals surface area contributed by atoms with Crippen molar-refractivity contribution in [3.8, 4) is 5.69 Å². The molecule has 1 aliphatic rings. The summed E-state index contributed by atoms with van der Waals surface area (Å²) in [6.07, 6.45) is -0.0589. The van der Waals surface area contributed by atoms with Crippen LogP contribution in [-0.2, 0) is 11.8 Å². The van der Waals surface area contributed by atoms with Crippen LogP contribution in [0.1, 0.15) is 12.1 Å². The Kier molecular flexibility index (Phi) is 6.20. The smallest absolute Gasteiger partial charge is 0.297 e. The first-order valence-corrected chi connectivity index (χ1v) is 11.0. The van der Waals surface area contributed by atoms with Crippen LogP contribution in [0.3, 0.4) is 0 Å². The van der Waals surface area contributed by atoms with Crippen molar-refractivity contribution < 1.29 is 9.90 Å². The maximum atomic E-state index is 13.0. The minimum Gasteiger partial charge on any atom is -0.861 e. The molecule has 164 valence electrons. The number of aromatic nitrogens is 2. The second-order valence-electron chi connectivity index (χ2n) is 7.12. The van der Waals surface area contributed by atoms with Gasteiger partial charge >= 0.3 is 0 Å². The van der Waals surface area contributed by atoms with Gasteiger partial charge in [-0.3, -0.25) is 14.3 Å². The summed E-state index contributed by atoms with van der Waals surface area (Å²) in [5.41, 5.74) is 1.83. The molecule has 1 atom stereocenters. The van der Waals surface area contributed by atoms with Crippen LogP contribution in [0.4, 0.5) is 11.4 Å². The van der Waals surface area contributed by atoms with Crippen molar-refractivity contribution >= 4 is 51.7 Å². The standard InChI is InChI=1S/C22H20ClN5O3S/c1-13-19(21(31)28(27(13)2)16-6-4-3-5-7-16)25-22-26-20(30)17(32-22)12-18(29)24-15-10-8-14(23)9-11-15/h3-11,17H,12H2,1-2H3,(H,24,29)(H,25,26,30)/p-1. The predicted octanol–water partition coefficient (Wildman–Crippen LogP) is 3.03. The Morgan fingerprint density at radius 2 is 1.91 bits per heavy atom. The third-order valence-corrected chi connectivity index (χ3v) is 6.26. The van der Waals surface area contributed by atoms with Crippen molar-refractivity contribution in [2.45, 2.75) is 18.6 Å². The van der Waals surface area contributed by atoms with E-state index in [0.717, 1.165) is 11.8 Å². The average Bonchev–Trinajstić information content (AvgIpc) is 3.21. The Hall–Kier alpha value is -3.30. The van der Waals surface area contributed by atoms with Crippen molar-refractivity contribution in [1.29, 1.82) is 0 Å². The second kappa shape index (κ2) is 9.05. The first kappa shape index (κ1) is 21.9. The van der Waals surface area contributed by atoms with Crippen molar-refractivity contribution in [3.63, 3.8) is 0 Å². The topological polar surface area (TPSA) is 104 Å². The summed E-state index contributed by atoms with van der Waals surface area (Å²) in [6.45, 7) is 1.78. The van der Waals surface area contributed by atoms with E-state index in [4.69, 9.17) is 11.6 Å². The summed E-state index contributed by atoms with van der Waals surface area (Å²) in [7, 11) is 1.77. The summed E-state index contributed by atoms with van der Waals surface area (Å²) < 4.78 is 3.21. The van der Waals surface area contributed by atoms with E-state index in [0.29, 0.717) is 22.1 Å². The number of amides is 1. The number of para-hydroxylation sites is 1. The molecule has 4 rings (SSSR count). The summed E-state index contributed by atoms with van der Waals surface area (Å²) in [5, 5.41) is 15.1. The maximum absolute atomic E-state index is 13.0. The summed E-state index contributed by atoms with van der Waals surface area (Å²) >= 11 is 6.92. The van der Waals surface area contributed by atoms with Gasteiger partial charge in [0.2, 0.25) is 5.91 Å². The van der Waals surface area contributed by atoms with Gasteiger partial charge in [-0.15, -0.1) is 0 Å². The lowest BCUT2D eigenvalue weighted by atomic mass is 10.2. The van der Waals surface area contributed by atoms with E-state index in [1.807, 2.05) is 30.3 Å². The number of carbonyl (C=O) groups is 1. The van der Waals surface area contributed by atoms with E-state index in [2.05, 4.69) is 15.3 Å². The molecule has 1 unspecified atom stereocenters. The van der Waals surface area contributed by atoms with Gasteiger partial charge in [0.05, 0.1) is 11.4 Å². The molecule has 2 heterocycles. The fraction of sp³-hybridized carbons (Fsp3) is 0.182. The molecule has 1 amide bonds. The molecule has 0 spiro atoms. The van der Waals surface area contributed by atoms with Crippen LogP contribution < -0.4 is 16.0 Å². The molecule has 10 heteroatoms. The number of halogens is 1. The number of hydrogen-bond acceptors (Lipinski definition) is 5. The van der Waals surface area contributed by atoms with Gasteiger partial charge in [0.15, 0.2) is 10.9 Å². The van der Waals surface area contributed by atoms with E-state index in [1.165, 1.54) is 4.68 Å². The zero-order chi connectivity index (χ0) is 22.8. The number of aliphatic imine (C=N–C) groups is 2. The van der Waals surface area contributed by atoms with Crippen molar-refractivity contribution in [2.24, 2.45) is 17.0 Å². The lowest BCUT2D eigenvalue weighted by molar-refractivity contribution is -0.217. The Balaban J connectivity index is 1.51. The van der Waals surface area contributed by atoms with E-state index in [-0.39, 0.29) is 28.7 Å². The van der Waals surface area contributed by atoms with Crippen LogP contribution >= 0.6 is 23.4 Å². The maximum Gasteiger partial charge on any atom is 0.297 e. The molecule has 0 radical (unpaired) electrons. The monoisotopic (exact) mass is 468 g/mol. The molecular weight excluding hydrogens is 450 g/mol. The van der Waals surface area contributed by atoms with Crippen LogP contribution in [-0.4, -0.2) is 31.6 Å². The van der Waals surface area contributed by atoms with Gasteiger partial charge in [-0.05, 0) is 49.2 Å². The van der Waals surface area contributed by atoms with Crippen molar-refractivity contribution in [2.75, 3.05) is 5.32 Å². The van der Waals surface area contributed by atoms with Gasteiger partial charge in [0, 0.05) is 29.4 Å². The second-order valence-corrected chi connectivity index (χ2v) is 8.73. The highest BCUT2D eigenvalue weighted by molar-refractivity contribution is 8.15. The molecule has 1 N–H and O–H groups in total. The number of hydrogen-bond donors (Lipinski definition) is 1. The van der Waals surface area contributed by atoms with Crippen LogP contribution in [0.5, 0.6) is 0 Å². The summed E-state index contributed by atoms with van der Waals surface area (Å²) in [5.74, 6) is -0.770. The molecule has 0 saturated heterocycles. The fourth-order valence-electron chi connectivity index (χ4n) is 3.24. The molecule has 0 aliphatic carbocycles. The van der Waals surface area contributed by atoms with E-state index in [1.54, 1.807) is 42.9 Å². The molecule has 8 nitrogen and oxygen atoms in total. The first-order valence-electron chi connectivity index (χ1n) is 9.74. The lowest BCUT2D eigenvalue weighted by Crippen LogP contribution is -2.30. The molecule has 0 saturated carbocycles. The van der Waals surface area contributed by atoms with Crippen LogP contribution in [0.25, 0.3) is 5.69 Å².